The number of esters is 1. The van der Waals surface area contributed by atoms with Gasteiger partial charge in [0.05, 0.1) is 34.4 Å². The van der Waals surface area contributed by atoms with Crippen molar-refractivity contribution >= 4 is 29.2 Å². The van der Waals surface area contributed by atoms with Crippen LogP contribution >= 0.6 is 12.2 Å². The number of carbonyl (C=O) groups is 2. The van der Waals surface area contributed by atoms with E-state index in [9.17, 15) is 9.59 Å². The SMILES string of the molecule is CCOC(=O)CCNC(=S)N1CCCN1C(=O)CCc1cc(OC)c(OC)c(OC)c1. The van der Waals surface area contributed by atoms with Gasteiger partial charge in [-0.1, -0.05) is 0 Å². The summed E-state index contributed by atoms with van der Waals surface area (Å²) >= 11 is 5.42. The summed E-state index contributed by atoms with van der Waals surface area (Å²) in [7, 11) is 4.67. The van der Waals surface area contributed by atoms with E-state index in [1.165, 1.54) is 0 Å². The quantitative estimate of drug-likeness (QED) is 0.421. The molecule has 1 aliphatic heterocycles. The summed E-state index contributed by atoms with van der Waals surface area (Å²) in [6.45, 7) is 3.74. The molecule has 31 heavy (non-hydrogen) atoms. The van der Waals surface area contributed by atoms with Crippen LogP contribution in [0.1, 0.15) is 31.7 Å². The number of methoxy groups -OCH3 is 3. The molecule has 0 aliphatic carbocycles. The zero-order valence-corrected chi connectivity index (χ0v) is 19.4. The van der Waals surface area contributed by atoms with E-state index in [1.807, 2.05) is 12.1 Å². The second-order valence-corrected chi connectivity index (χ2v) is 7.20. The molecule has 0 radical (unpaired) electrons. The molecular weight excluding hydrogens is 422 g/mol. The van der Waals surface area contributed by atoms with Gasteiger partial charge < -0.3 is 24.3 Å². The summed E-state index contributed by atoms with van der Waals surface area (Å²) < 4.78 is 21.0. The molecule has 2 rings (SSSR count). The molecule has 1 aromatic carbocycles. The molecule has 9 nitrogen and oxygen atoms in total. The monoisotopic (exact) mass is 453 g/mol. The predicted octanol–water partition coefficient (Wildman–Crippen LogP) is 1.92. The third kappa shape index (κ3) is 6.61. The lowest BCUT2D eigenvalue weighted by Gasteiger charge is -2.30. The first kappa shape index (κ1) is 24.5. The maximum atomic E-state index is 12.9. The summed E-state index contributed by atoms with van der Waals surface area (Å²) in [5, 5.41) is 6.89. The van der Waals surface area contributed by atoms with Crippen molar-refractivity contribution in [2.75, 3.05) is 47.6 Å². The number of benzene rings is 1. The Morgan fingerprint density at radius 3 is 2.26 bits per heavy atom. The standard InChI is InChI=1S/C21H31N3O6S/c1-5-30-19(26)9-10-22-21(31)24-12-6-11-23(24)18(25)8-7-15-13-16(27-2)20(29-4)17(14-15)28-3/h13-14H,5-12H2,1-4H3,(H,22,31). The average Bonchev–Trinajstić information content (AvgIpc) is 3.26. The Morgan fingerprint density at radius 1 is 1.03 bits per heavy atom. The fourth-order valence-electron chi connectivity index (χ4n) is 3.34. The van der Waals surface area contributed by atoms with E-state index in [4.69, 9.17) is 31.2 Å². The van der Waals surface area contributed by atoms with E-state index in [0.29, 0.717) is 61.4 Å². The van der Waals surface area contributed by atoms with Crippen LogP contribution < -0.4 is 19.5 Å². The molecule has 1 fully saturated rings. The first-order chi connectivity index (χ1) is 14.9. The molecule has 0 spiro atoms. The molecule has 1 N–H and O–H groups in total. The summed E-state index contributed by atoms with van der Waals surface area (Å²) in [5.41, 5.74) is 0.906. The van der Waals surface area contributed by atoms with Gasteiger partial charge in [-0.2, -0.15) is 0 Å². The van der Waals surface area contributed by atoms with Crippen LogP contribution in [-0.4, -0.2) is 74.6 Å². The minimum Gasteiger partial charge on any atom is -0.493 e. The third-order valence-corrected chi connectivity index (χ3v) is 5.17. The van der Waals surface area contributed by atoms with Crippen LogP contribution in [0.3, 0.4) is 0 Å². The van der Waals surface area contributed by atoms with E-state index in [1.54, 1.807) is 38.3 Å². The molecule has 172 valence electrons. The number of ether oxygens (including phenoxy) is 4. The zero-order valence-electron chi connectivity index (χ0n) is 18.6. The van der Waals surface area contributed by atoms with Crippen molar-refractivity contribution in [2.24, 2.45) is 0 Å². The molecule has 10 heteroatoms. The number of nitrogens with zero attached hydrogens (tertiary/aromatic N) is 2. The molecule has 1 aliphatic rings. The minimum absolute atomic E-state index is 0.0270. The maximum Gasteiger partial charge on any atom is 0.307 e. The molecule has 1 aromatic rings. The second-order valence-electron chi connectivity index (χ2n) is 6.81. The van der Waals surface area contributed by atoms with Gasteiger partial charge in [-0.15, -0.1) is 0 Å². The van der Waals surface area contributed by atoms with Gasteiger partial charge in [0.2, 0.25) is 11.7 Å². The van der Waals surface area contributed by atoms with E-state index in [-0.39, 0.29) is 18.3 Å². The number of hydrogen-bond acceptors (Lipinski definition) is 7. The lowest BCUT2D eigenvalue weighted by molar-refractivity contribution is -0.143. The van der Waals surface area contributed by atoms with Crippen LogP contribution in [0, 0.1) is 0 Å². The Hall–Kier alpha value is -2.75. The highest BCUT2D eigenvalue weighted by molar-refractivity contribution is 7.80. The van der Waals surface area contributed by atoms with Gasteiger partial charge in [-0.25, -0.2) is 0 Å². The largest absolute Gasteiger partial charge is 0.493 e. The molecular formula is C21H31N3O6S. The average molecular weight is 454 g/mol. The summed E-state index contributed by atoms with van der Waals surface area (Å²) in [6.07, 6.45) is 1.87. The Balaban J connectivity index is 1.94. The summed E-state index contributed by atoms with van der Waals surface area (Å²) in [4.78, 5) is 24.3. The highest BCUT2D eigenvalue weighted by Crippen LogP contribution is 2.38. The van der Waals surface area contributed by atoms with Gasteiger partial charge in [0.25, 0.3) is 0 Å². The Bertz CT molecular complexity index is 763. The lowest BCUT2D eigenvalue weighted by Crippen LogP contribution is -2.49. The van der Waals surface area contributed by atoms with Crippen molar-refractivity contribution in [3.8, 4) is 17.2 Å². The molecule has 0 unspecified atom stereocenters. The number of hydrogen-bond donors (Lipinski definition) is 1. The van der Waals surface area contributed by atoms with E-state index in [2.05, 4.69) is 5.32 Å². The Kier molecular flexibility index (Phi) is 9.64. The lowest BCUT2D eigenvalue weighted by atomic mass is 10.1. The first-order valence-electron chi connectivity index (χ1n) is 10.2. The predicted molar refractivity (Wildman–Crippen MR) is 119 cm³/mol. The van der Waals surface area contributed by atoms with Gasteiger partial charge in [-0.05, 0) is 49.7 Å². The van der Waals surface area contributed by atoms with Gasteiger partial charge in [0.1, 0.15) is 0 Å². The van der Waals surface area contributed by atoms with Crippen molar-refractivity contribution in [3.05, 3.63) is 17.7 Å². The van der Waals surface area contributed by atoms with Gasteiger partial charge in [0, 0.05) is 26.1 Å². The highest BCUT2D eigenvalue weighted by Gasteiger charge is 2.28. The van der Waals surface area contributed by atoms with Crippen molar-refractivity contribution < 1.29 is 28.5 Å². The second kappa shape index (κ2) is 12.2. The van der Waals surface area contributed by atoms with E-state index < -0.39 is 0 Å². The first-order valence-corrected chi connectivity index (χ1v) is 10.7. The number of aryl methyl sites for hydroxylation is 1. The number of rotatable bonds is 10. The summed E-state index contributed by atoms with van der Waals surface area (Å²) in [5.74, 6) is 1.32. The van der Waals surface area contributed by atoms with Gasteiger partial charge in [0.15, 0.2) is 16.6 Å². The van der Waals surface area contributed by atoms with Crippen molar-refractivity contribution in [3.63, 3.8) is 0 Å². The number of hydrazine groups is 1. The van der Waals surface area contributed by atoms with E-state index >= 15 is 0 Å². The van der Waals surface area contributed by atoms with E-state index in [0.717, 1.165) is 12.0 Å². The van der Waals surface area contributed by atoms with Gasteiger partial charge >= 0.3 is 5.97 Å². The Morgan fingerprint density at radius 2 is 1.68 bits per heavy atom. The fourth-order valence-corrected chi connectivity index (χ4v) is 3.63. The van der Waals surface area contributed by atoms with Crippen LogP contribution in [-0.2, 0) is 20.7 Å². The topological polar surface area (TPSA) is 89.6 Å². The number of thiocarbonyl (C=S) groups is 1. The van der Waals surface area contributed by atoms with Crippen molar-refractivity contribution in [2.45, 2.75) is 32.6 Å². The van der Waals surface area contributed by atoms with Crippen molar-refractivity contribution in [1.29, 1.82) is 0 Å². The van der Waals surface area contributed by atoms with Crippen LogP contribution in [0.2, 0.25) is 0 Å². The normalized spacial score (nSPS) is 13.0. The van der Waals surface area contributed by atoms with Crippen LogP contribution in [0.5, 0.6) is 17.2 Å². The molecule has 0 aromatic heterocycles. The fraction of sp³-hybridized carbons (Fsp3) is 0.571. The molecule has 1 amide bonds. The molecule has 0 bridgehead atoms. The van der Waals surface area contributed by atoms with Gasteiger partial charge in [-0.3, -0.25) is 19.6 Å². The number of nitrogens with one attached hydrogen (secondary N) is 1. The third-order valence-electron chi connectivity index (χ3n) is 4.82. The van der Waals surface area contributed by atoms with Crippen LogP contribution in [0.25, 0.3) is 0 Å². The summed E-state index contributed by atoms with van der Waals surface area (Å²) in [6, 6.07) is 3.69. The molecule has 0 saturated carbocycles. The smallest absolute Gasteiger partial charge is 0.307 e. The van der Waals surface area contributed by atoms with Crippen LogP contribution in [0.15, 0.2) is 12.1 Å². The Labute approximate surface area is 188 Å². The molecule has 1 heterocycles. The van der Waals surface area contributed by atoms with Crippen molar-refractivity contribution in [1.82, 2.24) is 15.3 Å². The zero-order chi connectivity index (χ0) is 22.8. The highest BCUT2D eigenvalue weighted by atomic mass is 32.1. The minimum atomic E-state index is -0.280. The number of amides is 1. The van der Waals surface area contributed by atoms with Crippen LogP contribution in [0.4, 0.5) is 0 Å². The number of carbonyl (C=O) groups excluding carboxylic acids is 2. The molecule has 1 saturated heterocycles. The molecule has 0 atom stereocenters. The maximum absolute atomic E-state index is 12.9.